The molecule has 19 heavy (non-hydrogen) atoms. The van der Waals surface area contributed by atoms with Crippen molar-refractivity contribution in [3.63, 3.8) is 0 Å². The summed E-state index contributed by atoms with van der Waals surface area (Å²) in [6.07, 6.45) is 0.514. The normalized spacial score (nSPS) is 11.2. The highest BCUT2D eigenvalue weighted by molar-refractivity contribution is 5.76. The molecular weight excluding hydrogens is 245 g/mol. The van der Waals surface area contributed by atoms with Gasteiger partial charge in [0.1, 0.15) is 18.2 Å². The Morgan fingerprint density at radius 3 is 2.37 bits per heavy atom. The predicted octanol–water partition coefficient (Wildman–Crippen LogP) is 3.10. The number of rotatable bonds is 5. The zero-order valence-electron chi connectivity index (χ0n) is 12.1. The van der Waals surface area contributed by atoms with E-state index in [4.69, 9.17) is 4.74 Å². The molecule has 1 aromatic rings. The second kappa shape index (κ2) is 6.55. The summed E-state index contributed by atoms with van der Waals surface area (Å²) in [6.45, 7) is 7.03. The first-order valence-electron chi connectivity index (χ1n) is 6.40. The molecule has 106 valence electrons. The maximum atomic E-state index is 12.7. The van der Waals surface area contributed by atoms with Crippen molar-refractivity contribution in [1.29, 1.82) is 0 Å². The van der Waals surface area contributed by atoms with Crippen LogP contribution in [-0.2, 0) is 4.79 Å². The molecule has 0 aliphatic rings. The molecule has 1 aromatic carbocycles. The monoisotopic (exact) mass is 267 g/mol. The third kappa shape index (κ3) is 6.22. The second-order valence-corrected chi connectivity index (χ2v) is 5.86. The van der Waals surface area contributed by atoms with Crippen LogP contribution in [0.2, 0.25) is 0 Å². The summed E-state index contributed by atoms with van der Waals surface area (Å²) in [5, 5.41) is 0. The summed E-state index contributed by atoms with van der Waals surface area (Å²) in [7, 11) is 1.77. The maximum Gasteiger partial charge on any atom is 0.222 e. The van der Waals surface area contributed by atoms with E-state index in [0.717, 1.165) is 0 Å². The number of ether oxygens (including phenoxy) is 1. The highest BCUT2D eigenvalue weighted by atomic mass is 19.1. The first-order chi connectivity index (χ1) is 8.78. The van der Waals surface area contributed by atoms with Gasteiger partial charge < -0.3 is 9.64 Å². The lowest BCUT2D eigenvalue weighted by Crippen LogP contribution is -2.33. The molecule has 1 rings (SSSR count). The van der Waals surface area contributed by atoms with Gasteiger partial charge in [-0.15, -0.1) is 0 Å². The molecule has 0 radical (unpaired) electrons. The Bertz CT molecular complexity index is 409. The molecule has 0 saturated heterocycles. The Morgan fingerprint density at radius 2 is 1.84 bits per heavy atom. The van der Waals surface area contributed by atoms with E-state index in [1.807, 2.05) is 20.8 Å². The van der Waals surface area contributed by atoms with Gasteiger partial charge in [-0.3, -0.25) is 4.79 Å². The van der Waals surface area contributed by atoms with Crippen molar-refractivity contribution < 1.29 is 13.9 Å². The Labute approximate surface area is 114 Å². The second-order valence-electron chi connectivity index (χ2n) is 5.86. The zero-order valence-corrected chi connectivity index (χ0v) is 12.1. The minimum Gasteiger partial charge on any atom is -0.492 e. The Kier molecular flexibility index (Phi) is 5.33. The quantitative estimate of drug-likeness (QED) is 0.820. The summed E-state index contributed by atoms with van der Waals surface area (Å²) >= 11 is 0. The number of nitrogens with zero attached hydrogens (tertiary/aromatic N) is 1. The molecule has 0 fully saturated rings. The number of amides is 1. The van der Waals surface area contributed by atoms with Crippen LogP contribution in [0.3, 0.4) is 0 Å². The van der Waals surface area contributed by atoms with Gasteiger partial charge in [0.25, 0.3) is 0 Å². The van der Waals surface area contributed by atoms with Gasteiger partial charge in [0.2, 0.25) is 5.91 Å². The Hall–Kier alpha value is -1.58. The molecule has 0 heterocycles. The Balaban J connectivity index is 2.32. The number of carbonyl (C=O) groups excluding carboxylic acids is 1. The molecule has 3 nitrogen and oxygen atoms in total. The highest BCUT2D eigenvalue weighted by Gasteiger charge is 2.18. The molecule has 0 spiro atoms. The minimum absolute atomic E-state index is 0.0108. The van der Waals surface area contributed by atoms with E-state index in [0.29, 0.717) is 25.3 Å². The minimum atomic E-state index is -0.287. The smallest absolute Gasteiger partial charge is 0.222 e. The summed E-state index contributed by atoms with van der Waals surface area (Å²) < 4.78 is 18.1. The van der Waals surface area contributed by atoms with Crippen LogP contribution < -0.4 is 4.74 Å². The highest BCUT2D eigenvalue weighted by Crippen LogP contribution is 2.19. The van der Waals surface area contributed by atoms with Crippen LogP contribution in [0.25, 0.3) is 0 Å². The van der Waals surface area contributed by atoms with Gasteiger partial charge in [-0.1, -0.05) is 20.8 Å². The number of hydrogen-bond donors (Lipinski definition) is 0. The molecule has 4 heteroatoms. The van der Waals surface area contributed by atoms with Gasteiger partial charge >= 0.3 is 0 Å². The first-order valence-corrected chi connectivity index (χ1v) is 6.40. The van der Waals surface area contributed by atoms with Crippen LogP contribution in [0.4, 0.5) is 4.39 Å². The van der Waals surface area contributed by atoms with Gasteiger partial charge in [-0.05, 0) is 29.7 Å². The van der Waals surface area contributed by atoms with Crippen molar-refractivity contribution in [1.82, 2.24) is 4.90 Å². The van der Waals surface area contributed by atoms with Crippen LogP contribution in [0.1, 0.15) is 27.2 Å². The van der Waals surface area contributed by atoms with Crippen molar-refractivity contribution in [2.75, 3.05) is 20.2 Å². The number of benzene rings is 1. The molecule has 0 aliphatic heterocycles. The topological polar surface area (TPSA) is 29.5 Å². The Morgan fingerprint density at radius 1 is 1.26 bits per heavy atom. The van der Waals surface area contributed by atoms with Crippen LogP contribution in [0.5, 0.6) is 5.75 Å². The number of likely N-dealkylation sites (N-methyl/N-ethyl adjacent to an activating group) is 1. The third-order valence-corrected chi connectivity index (χ3v) is 2.62. The van der Waals surface area contributed by atoms with Crippen LogP contribution >= 0.6 is 0 Å². The average molecular weight is 267 g/mol. The van der Waals surface area contributed by atoms with Crippen molar-refractivity contribution in [3.8, 4) is 5.75 Å². The fraction of sp³-hybridized carbons (Fsp3) is 0.533. The number of carbonyl (C=O) groups is 1. The largest absolute Gasteiger partial charge is 0.492 e. The molecule has 0 saturated carbocycles. The predicted molar refractivity (Wildman–Crippen MR) is 73.6 cm³/mol. The lowest BCUT2D eigenvalue weighted by molar-refractivity contribution is -0.132. The van der Waals surface area contributed by atoms with E-state index in [2.05, 4.69) is 0 Å². The number of halogens is 1. The van der Waals surface area contributed by atoms with Gasteiger partial charge in [-0.2, -0.15) is 0 Å². The molecule has 0 unspecified atom stereocenters. The van der Waals surface area contributed by atoms with Crippen LogP contribution in [0, 0.1) is 11.2 Å². The third-order valence-electron chi connectivity index (χ3n) is 2.62. The van der Waals surface area contributed by atoms with Crippen LogP contribution in [-0.4, -0.2) is 31.0 Å². The standard InChI is InChI=1S/C15H22FNO2/c1-15(2,3)11-14(18)17(4)9-10-19-13-7-5-12(16)6-8-13/h5-8H,9-11H2,1-4H3. The van der Waals surface area contributed by atoms with Gasteiger partial charge in [0.05, 0.1) is 6.54 Å². The molecule has 0 bridgehead atoms. The SMILES string of the molecule is CN(CCOc1ccc(F)cc1)C(=O)CC(C)(C)C. The lowest BCUT2D eigenvalue weighted by Gasteiger charge is -2.23. The summed E-state index contributed by atoms with van der Waals surface area (Å²) in [6, 6.07) is 5.85. The molecular formula is C15H22FNO2. The fourth-order valence-corrected chi connectivity index (χ4v) is 1.54. The summed E-state index contributed by atoms with van der Waals surface area (Å²) in [5.41, 5.74) is -0.0108. The summed E-state index contributed by atoms with van der Waals surface area (Å²) in [4.78, 5) is 13.5. The first kappa shape index (κ1) is 15.5. The zero-order chi connectivity index (χ0) is 14.5. The lowest BCUT2D eigenvalue weighted by atomic mass is 9.92. The maximum absolute atomic E-state index is 12.7. The van der Waals surface area contributed by atoms with Crippen molar-refractivity contribution >= 4 is 5.91 Å². The number of hydrogen-bond acceptors (Lipinski definition) is 2. The van der Waals surface area contributed by atoms with Crippen molar-refractivity contribution in [2.45, 2.75) is 27.2 Å². The van der Waals surface area contributed by atoms with Crippen molar-refractivity contribution in [3.05, 3.63) is 30.1 Å². The van der Waals surface area contributed by atoms with E-state index in [-0.39, 0.29) is 17.1 Å². The van der Waals surface area contributed by atoms with Crippen LogP contribution in [0.15, 0.2) is 24.3 Å². The van der Waals surface area contributed by atoms with E-state index in [1.165, 1.54) is 12.1 Å². The van der Waals surface area contributed by atoms with E-state index in [9.17, 15) is 9.18 Å². The molecule has 0 aromatic heterocycles. The van der Waals surface area contributed by atoms with Gasteiger partial charge in [0.15, 0.2) is 0 Å². The molecule has 0 atom stereocenters. The van der Waals surface area contributed by atoms with E-state index < -0.39 is 0 Å². The van der Waals surface area contributed by atoms with Crippen molar-refractivity contribution in [2.24, 2.45) is 5.41 Å². The van der Waals surface area contributed by atoms with E-state index >= 15 is 0 Å². The molecule has 1 amide bonds. The van der Waals surface area contributed by atoms with Gasteiger partial charge in [-0.25, -0.2) is 4.39 Å². The average Bonchev–Trinajstić information content (AvgIpc) is 2.29. The summed E-state index contributed by atoms with van der Waals surface area (Å²) in [5.74, 6) is 0.429. The fourth-order valence-electron chi connectivity index (χ4n) is 1.54. The van der Waals surface area contributed by atoms with E-state index in [1.54, 1.807) is 24.1 Å². The molecule has 0 N–H and O–H groups in total. The van der Waals surface area contributed by atoms with Gasteiger partial charge in [0, 0.05) is 13.5 Å². The molecule has 0 aliphatic carbocycles.